The van der Waals surface area contributed by atoms with Gasteiger partial charge in [-0.15, -0.1) is 10.2 Å². The first-order valence-electron chi connectivity index (χ1n) is 9.61. The number of fused-ring (bicyclic) bond motifs is 1. The van der Waals surface area contributed by atoms with Gasteiger partial charge in [-0.2, -0.15) is 13.2 Å². The highest BCUT2D eigenvalue weighted by Gasteiger charge is 2.30. The third-order valence-corrected chi connectivity index (χ3v) is 4.74. The van der Waals surface area contributed by atoms with Crippen LogP contribution < -0.4 is 5.32 Å². The van der Waals surface area contributed by atoms with Crippen molar-refractivity contribution in [2.75, 3.05) is 5.32 Å². The van der Waals surface area contributed by atoms with Crippen LogP contribution in [0, 0.1) is 0 Å². The van der Waals surface area contributed by atoms with Crippen molar-refractivity contribution in [3.63, 3.8) is 0 Å². The maximum Gasteiger partial charge on any atom is 0.416 e. The summed E-state index contributed by atoms with van der Waals surface area (Å²) < 4.78 is 46.3. The molecule has 9 heteroatoms. The number of nitrogens with zero attached hydrogens (tertiary/aromatic N) is 3. The summed E-state index contributed by atoms with van der Waals surface area (Å²) >= 11 is 0. The normalized spacial score (nSPS) is 11.9. The zero-order valence-corrected chi connectivity index (χ0v) is 16.8. The lowest BCUT2D eigenvalue weighted by Crippen LogP contribution is -2.19. The maximum atomic E-state index is 12.9. The van der Waals surface area contributed by atoms with E-state index in [2.05, 4.69) is 15.5 Å². The topological polar surface area (TPSA) is 73.0 Å². The Morgan fingerprint density at radius 2 is 1.87 bits per heavy atom. The van der Waals surface area contributed by atoms with E-state index in [9.17, 15) is 18.0 Å². The van der Waals surface area contributed by atoms with Crippen LogP contribution in [0.1, 0.15) is 31.2 Å². The Morgan fingerprint density at radius 1 is 1.10 bits per heavy atom. The van der Waals surface area contributed by atoms with Crippen molar-refractivity contribution < 1.29 is 22.4 Å². The molecule has 0 aliphatic carbocycles. The van der Waals surface area contributed by atoms with Crippen LogP contribution >= 0.6 is 0 Å². The number of carbonyl (C=O) groups is 1. The third kappa shape index (κ3) is 4.30. The van der Waals surface area contributed by atoms with E-state index in [1.54, 1.807) is 4.57 Å². The van der Waals surface area contributed by atoms with E-state index in [1.165, 1.54) is 12.1 Å². The molecule has 0 bridgehead atoms. The highest BCUT2D eigenvalue weighted by molar-refractivity contribution is 5.93. The monoisotopic (exact) mass is 428 g/mol. The summed E-state index contributed by atoms with van der Waals surface area (Å²) in [6, 6.07) is 13.8. The number of rotatable bonds is 5. The fraction of sp³-hybridized carbons (Fsp3) is 0.227. The van der Waals surface area contributed by atoms with Gasteiger partial charge in [0, 0.05) is 22.5 Å². The number of alkyl halides is 3. The Labute approximate surface area is 175 Å². The van der Waals surface area contributed by atoms with Gasteiger partial charge in [0.15, 0.2) is 0 Å². The molecule has 160 valence electrons. The van der Waals surface area contributed by atoms with Gasteiger partial charge in [-0.3, -0.25) is 4.79 Å². The minimum Gasteiger partial charge on any atom is -0.419 e. The average Bonchev–Trinajstić information content (AvgIpc) is 3.33. The van der Waals surface area contributed by atoms with Crippen LogP contribution in [0.15, 0.2) is 59.0 Å². The van der Waals surface area contributed by atoms with Crippen LogP contribution in [-0.4, -0.2) is 20.7 Å². The lowest BCUT2D eigenvalue weighted by molar-refractivity contribution is -0.137. The molecule has 4 rings (SSSR count). The molecule has 2 heterocycles. The van der Waals surface area contributed by atoms with Gasteiger partial charge in [-0.25, -0.2) is 0 Å². The summed E-state index contributed by atoms with van der Waals surface area (Å²) in [6.45, 7) is 3.71. The molecule has 0 radical (unpaired) electrons. The van der Waals surface area contributed by atoms with Gasteiger partial charge in [-0.1, -0.05) is 38.1 Å². The van der Waals surface area contributed by atoms with Crippen LogP contribution in [0.2, 0.25) is 0 Å². The summed E-state index contributed by atoms with van der Waals surface area (Å²) in [5.41, 5.74) is 0.558. The summed E-state index contributed by atoms with van der Waals surface area (Å²) in [5.74, 6) is 0.306. The molecule has 0 fully saturated rings. The van der Waals surface area contributed by atoms with Gasteiger partial charge in [0.1, 0.15) is 12.2 Å². The van der Waals surface area contributed by atoms with Crippen LogP contribution in [0.3, 0.4) is 0 Å². The molecule has 0 atom stereocenters. The van der Waals surface area contributed by atoms with Gasteiger partial charge in [0.25, 0.3) is 5.89 Å². The van der Waals surface area contributed by atoms with E-state index >= 15 is 0 Å². The van der Waals surface area contributed by atoms with Crippen molar-refractivity contribution in [3.05, 3.63) is 66.1 Å². The van der Waals surface area contributed by atoms with Crippen molar-refractivity contribution in [3.8, 4) is 11.6 Å². The third-order valence-electron chi connectivity index (χ3n) is 4.74. The molecular formula is C22H19F3N4O2. The van der Waals surface area contributed by atoms with Gasteiger partial charge >= 0.3 is 6.18 Å². The number of nitrogens with one attached hydrogen (secondary N) is 1. The van der Waals surface area contributed by atoms with Crippen LogP contribution in [0.5, 0.6) is 0 Å². The van der Waals surface area contributed by atoms with Crippen molar-refractivity contribution in [1.29, 1.82) is 0 Å². The van der Waals surface area contributed by atoms with E-state index in [1.807, 2.05) is 44.2 Å². The van der Waals surface area contributed by atoms with Crippen LogP contribution in [0.25, 0.3) is 22.5 Å². The Bertz CT molecular complexity index is 1240. The number of halogens is 3. The standard InChI is InChI=1S/C22H19F3N4O2/c1-13(2)20-27-28-21(31-20)18-10-14-6-3-4-9-17(14)29(18)12-19(30)26-16-8-5-7-15(11-16)22(23,24)25/h3-11,13H,12H2,1-2H3,(H,26,30). The number of anilines is 1. The van der Waals surface area contributed by atoms with Crippen molar-refractivity contribution in [1.82, 2.24) is 14.8 Å². The zero-order valence-electron chi connectivity index (χ0n) is 16.8. The van der Waals surface area contributed by atoms with E-state index < -0.39 is 17.6 Å². The van der Waals surface area contributed by atoms with Crippen molar-refractivity contribution >= 4 is 22.5 Å². The quantitative estimate of drug-likeness (QED) is 0.457. The molecule has 0 spiro atoms. The Balaban J connectivity index is 1.65. The van der Waals surface area contributed by atoms with Crippen LogP contribution in [0.4, 0.5) is 18.9 Å². The highest BCUT2D eigenvalue weighted by atomic mass is 19.4. The molecule has 6 nitrogen and oxygen atoms in total. The van der Waals surface area contributed by atoms with Crippen molar-refractivity contribution in [2.24, 2.45) is 0 Å². The number of para-hydroxylation sites is 1. The summed E-state index contributed by atoms with van der Waals surface area (Å²) in [6.07, 6.45) is -4.49. The predicted molar refractivity (Wildman–Crippen MR) is 109 cm³/mol. The molecule has 0 aliphatic heterocycles. The minimum atomic E-state index is -4.49. The first-order chi connectivity index (χ1) is 14.7. The second kappa shape index (κ2) is 7.90. The SMILES string of the molecule is CC(C)c1nnc(-c2cc3ccccc3n2CC(=O)Nc2cccc(C(F)(F)F)c2)o1. The van der Waals surface area contributed by atoms with E-state index in [0.717, 1.165) is 23.0 Å². The Kier molecular flexibility index (Phi) is 5.26. The van der Waals surface area contributed by atoms with Gasteiger partial charge < -0.3 is 14.3 Å². The first kappa shape index (κ1) is 20.6. The largest absolute Gasteiger partial charge is 0.419 e. The second-order valence-electron chi connectivity index (χ2n) is 7.40. The molecule has 1 N–H and O–H groups in total. The van der Waals surface area contributed by atoms with Gasteiger partial charge in [-0.05, 0) is 30.3 Å². The molecule has 2 aromatic carbocycles. The second-order valence-corrected chi connectivity index (χ2v) is 7.40. The van der Waals surface area contributed by atoms with E-state index in [4.69, 9.17) is 4.42 Å². The molecule has 31 heavy (non-hydrogen) atoms. The zero-order chi connectivity index (χ0) is 22.2. The number of carbonyl (C=O) groups excluding carboxylic acids is 1. The molecule has 2 aromatic heterocycles. The maximum absolute atomic E-state index is 12.9. The van der Waals surface area contributed by atoms with Crippen LogP contribution in [-0.2, 0) is 17.5 Å². The average molecular weight is 428 g/mol. The first-order valence-corrected chi connectivity index (χ1v) is 9.61. The summed E-state index contributed by atoms with van der Waals surface area (Å²) in [5, 5.41) is 11.5. The fourth-order valence-corrected chi connectivity index (χ4v) is 3.25. The number of aromatic nitrogens is 3. The minimum absolute atomic E-state index is 0.0447. The number of amides is 1. The van der Waals surface area contributed by atoms with Gasteiger partial charge in [0.05, 0.1) is 5.56 Å². The lowest BCUT2D eigenvalue weighted by atomic mass is 10.2. The summed E-state index contributed by atoms with van der Waals surface area (Å²) in [4.78, 5) is 12.7. The number of benzene rings is 2. The summed E-state index contributed by atoms with van der Waals surface area (Å²) in [7, 11) is 0. The fourth-order valence-electron chi connectivity index (χ4n) is 3.25. The van der Waals surface area contributed by atoms with Crippen molar-refractivity contribution in [2.45, 2.75) is 32.5 Å². The van der Waals surface area contributed by atoms with E-state index in [0.29, 0.717) is 11.6 Å². The molecule has 0 saturated carbocycles. The molecule has 4 aromatic rings. The number of hydrogen-bond acceptors (Lipinski definition) is 4. The molecule has 0 saturated heterocycles. The lowest BCUT2D eigenvalue weighted by Gasteiger charge is -2.12. The molecule has 0 unspecified atom stereocenters. The van der Waals surface area contributed by atoms with Gasteiger partial charge in [0.2, 0.25) is 11.8 Å². The Morgan fingerprint density at radius 3 is 2.58 bits per heavy atom. The smallest absolute Gasteiger partial charge is 0.416 e. The molecule has 1 amide bonds. The predicted octanol–water partition coefficient (Wildman–Crippen LogP) is 5.47. The molecular weight excluding hydrogens is 409 g/mol. The number of hydrogen-bond donors (Lipinski definition) is 1. The Hall–Kier alpha value is -3.62. The van der Waals surface area contributed by atoms with E-state index in [-0.39, 0.29) is 24.0 Å². The molecule has 0 aliphatic rings. The highest BCUT2D eigenvalue weighted by Crippen LogP contribution is 2.31.